The monoisotopic (exact) mass is 392 g/mol. The summed E-state index contributed by atoms with van der Waals surface area (Å²) in [6.45, 7) is 0.177. The maximum absolute atomic E-state index is 12.0. The maximum Gasteiger partial charge on any atom is 0.258 e. The molecular formula is C22H17ClN2O3. The van der Waals surface area contributed by atoms with E-state index in [0.29, 0.717) is 22.2 Å². The molecule has 0 fully saturated rings. The zero-order chi connectivity index (χ0) is 19.3. The van der Waals surface area contributed by atoms with Gasteiger partial charge in [-0.15, -0.1) is 0 Å². The lowest BCUT2D eigenvalue weighted by molar-refractivity contribution is -0.123. The highest BCUT2D eigenvalue weighted by atomic mass is 35.5. The molecule has 1 N–H and O–H groups in total. The van der Waals surface area contributed by atoms with Gasteiger partial charge in [0.15, 0.2) is 12.4 Å². The predicted octanol–water partition coefficient (Wildman–Crippen LogP) is 4.84. The molecular weight excluding hydrogens is 376 g/mol. The van der Waals surface area contributed by atoms with Crippen LogP contribution in [-0.2, 0) is 11.3 Å². The van der Waals surface area contributed by atoms with Crippen molar-refractivity contribution in [3.05, 3.63) is 83.5 Å². The first-order valence-electron chi connectivity index (χ1n) is 8.77. The van der Waals surface area contributed by atoms with Crippen LogP contribution in [0.2, 0.25) is 5.02 Å². The Morgan fingerprint density at radius 3 is 2.61 bits per heavy atom. The molecule has 0 radical (unpaired) electrons. The normalized spacial score (nSPS) is 10.8. The van der Waals surface area contributed by atoms with E-state index in [9.17, 15) is 4.79 Å². The Morgan fingerprint density at radius 1 is 1.00 bits per heavy atom. The molecule has 0 spiro atoms. The van der Waals surface area contributed by atoms with Gasteiger partial charge in [0.05, 0.1) is 6.54 Å². The van der Waals surface area contributed by atoms with Crippen LogP contribution in [-0.4, -0.2) is 17.7 Å². The first kappa shape index (κ1) is 18.1. The van der Waals surface area contributed by atoms with Crippen molar-refractivity contribution in [2.24, 2.45) is 0 Å². The van der Waals surface area contributed by atoms with Crippen LogP contribution < -0.4 is 10.1 Å². The first-order valence-corrected chi connectivity index (χ1v) is 9.15. The summed E-state index contributed by atoms with van der Waals surface area (Å²) in [6.07, 6.45) is 0. The minimum absolute atomic E-state index is 0.0863. The number of rotatable bonds is 6. The lowest BCUT2D eigenvalue weighted by Crippen LogP contribution is -2.28. The van der Waals surface area contributed by atoms with Gasteiger partial charge in [0.2, 0.25) is 0 Å². The van der Waals surface area contributed by atoms with E-state index < -0.39 is 0 Å². The van der Waals surface area contributed by atoms with Gasteiger partial charge in [-0.05, 0) is 41.1 Å². The molecule has 0 atom stereocenters. The van der Waals surface area contributed by atoms with Crippen molar-refractivity contribution < 1.29 is 14.1 Å². The number of carbonyl (C=O) groups is 1. The van der Waals surface area contributed by atoms with Gasteiger partial charge in [0.1, 0.15) is 11.4 Å². The van der Waals surface area contributed by atoms with Crippen molar-refractivity contribution in [3.8, 4) is 17.1 Å². The van der Waals surface area contributed by atoms with Gasteiger partial charge in [-0.1, -0.05) is 53.2 Å². The van der Waals surface area contributed by atoms with Crippen molar-refractivity contribution in [2.75, 3.05) is 6.61 Å². The Bertz CT molecular complexity index is 1110. The van der Waals surface area contributed by atoms with Crippen molar-refractivity contribution >= 4 is 28.3 Å². The summed E-state index contributed by atoms with van der Waals surface area (Å²) in [6, 6.07) is 22.9. The van der Waals surface area contributed by atoms with Gasteiger partial charge < -0.3 is 14.6 Å². The summed E-state index contributed by atoms with van der Waals surface area (Å²) in [5.74, 6) is 0.997. The summed E-state index contributed by atoms with van der Waals surface area (Å²) >= 11 is 5.82. The SMILES string of the molecule is O=C(COc1ccc(Cl)cc1)NCc1cc(-c2ccc3ccccc3c2)on1. The quantitative estimate of drug-likeness (QED) is 0.509. The summed E-state index contributed by atoms with van der Waals surface area (Å²) in [7, 11) is 0. The highest BCUT2D eigenvalue weighted by Crippen LogP contribution is 2.25. The van der Waals surface area contributed by atoms with Crippen LogP contribution in [0.15, 0.2) is 77.3 Å². The molecule has 0 saturated carbocycles. The number of ether oxygens (including phenoxy) is 1. The van der Waals surface area contributed by atoms with Gasteiger partial charge in [0.25, 0.3) is 5.91 Å². The molecule has 0 aliphatic heterocycles. The molecule has 4 aromatic rings. The van der Waals surface area contributed by atoms with Crippen molar-refractivity contribution in [1.82, 2.24) is 10.5 Å². The third-order valence-corrected chi connectivity index (χ3v) is 4.50. The fourth-order valence-electron chi connectivity index (χ4n) is 2.79. The highest BCUT2D eigenvalue weighted by Gasteiger charge is 2.09. The van der Waals surface area contributed by atoms with E-state index in [1.165, 1.54) is 5.39 Å². The smallest absolute Gasteiger partial charge is 0.258 e. The third kappa shape index (κ3) is 4.32. The van der Waals surface area contributed by atoms with Crippen LogP contribution in [0.5, 0.6) is 5.75 Å². The van der Waals surface area contributed by atoms with Crippen LogP contribution in [0, 0.1) is 0 Å². The summed E-state index contributed by atoms with van der Waals surface area (Å²) < 4.78 is 10.8. The number of fused-ring (bicyclic) bond motifs is 1. The molecule has 6 heteroatoms. The van der Waals surface area contributed by atoms with E-state index in [1.807, 2.05) is 30.3 Å². The third-order valence-electron chi connectivity index (χ3n) is 4.24. The van der Waals surface area contributed by atoms with E-state index in [-0.39, 0.29) is 19.1 Å². The van der Waals surface area contributed by atoms with Crippen LogP contribution in [0.3, 0.4) is 0 Å². The second-order valence-electron chi connectivity index (χ2n) is 6.26. The molecule has 140 valence electrons. The minimum atomic E-state index is -0.245. The molecule has 0 bridgehead atoms. The number of carbonyl (C=O) groups excluding carboxylic acids is 1. The number of benzene rings is 3. The van der Waals surface area contributed by atoms with Crippen LogP contribution in [0.1, 0.15) is 5.69 Å². The topological polar surface area (TPSA) is 64.4 Å². The maximum atomic E-state index is 12.0. The molecule has 0 aliphatic carbocycles. The van der Waals surface area contributed by atoms with Crippen molar-refractivity contribution in [2.45, 2.75) is 6.54 Å². The molecule has 0 unspecified atom stereocenters. The number of nitrogens with zero attached hydrogens (tertiary/aromatic N) is 1. The fraction of sp³-hybridized carbons (Fsp3) is 0.0909. The molecule has 0 aliphatic rings. The van der Waals surface area contributed by atoms with Gasteiger partial charge in [-0.2, -0.15) is 0 Å². The minimum Gasteiger partial charge on any atom is -0.484 e. The van der Waals surface area contributed by atoms with E-state index in [4.69, 9.17) is 20.9 Å². The van der Waals surface area contributed by atoms with Gasteiger partial charge >= 0.3 is 0 Å². The van der Waals surface area contributed by atoms with Crippen LogP contribution >= 0.6 is 11.6 Å². The number of hydrogen-bond acceptors (Lipinski definition) is 4. The molecule has 5 nitrogen and oxygen atoms in total. The Balaban J connectivity index is 1.33. The summed E-state index contributed by atoms with van der Waals surface area (Å²) in [5.41, 5.74) is 1.58. The highest BCUT2D eigenvalue weighted by molar-refractivity contribution is 6.30. The zero-order valence-corrected chi connectivity index (χ0v) is 15.6. The van der Waals surface area contributed by atoms with Crippen LogP contribution in [0.25, 0.3) is 22.1 Å². The largest absolute Gasteiger partial charge is 0.484 e. The first-order chi connectivity index (χ1) is 13.7. The van der Waals surface area contributed by atoms with E-state index in [1.54, 1.807) is 24.3 Å². The average molecular weight is 393 g/mol. The summed E-state index contributed by atoms with van der Waals surface area (Å²) in [5, 5.41) is 9.70. The average Bonchev–Trinajstić information content (AvgIpc) is 3.20. The van der Waals surface area contributed by atoms with Gasteiger partial charge in [0, 0.05) is 16.7 Å². The van der Waals surface area contributed by atoms with Gasteiger partial charge in [-0.25, -0.2) is 0 Å². The lowest BCUT2D eigenvalue weighted by Gasteiger charge is -2.06. The second-order valence-corrected chi connectivity index (χ2v) is 6.70. The number of amides is 1. The second kappa shape index (κ2) is 8.15. The summed E-state index contributed by atoms with van der Waals surface area (Å²) in [4.78, 5) is 12.0. The number of aromatic nitrogens is 1. The Labute approximate surface area is 166 Å². The molecule has 0 saturated heterocycles. The molecule has 28 heavy (non-hydrogen) atoms. The molecule has 1 aromatic heterocycles. The number of hydrogen-bond donors (Lipinski definition) is 1. The van der Waals surface area contributed by atoms with Crippen molar-refractivity contribution in [1.29, 1.82) is 0 Å². The van der Waals surface area contributed by atoms with Crippen molar-refractivity contribution in [3.63, 3.8) is 0 Å². The fourth-order valence-corrected chi connectivity index (χ4v) is 2.92. The van der Waals surface area contributed by atoms with Crippen LogP contribution in [0.4, 0.5) is 0 Å². The zero-order valence-electron chi connectivity index (χ0n) is 14.9. The van der Waals surface area contributed by atoms with E-state index in [0.717, 1.165) is 10.9 Å². The molecule has 3 aromatic carbocycles. The number of nitrogens with one attached hydrogen (secondary N) is 1. The number of halogens is 1. The molecule has 1 amide bonds. The van der Waals surface area contributed by atoms with E-state index in [2.05, 4.69) is 28.7 Å². The van der Waals surface area contributed by atoms with Gasteiger partial charge in [-0.3, -0.25) is 4.79 Å². The Morgan fingerprint density at radius 2 is 1.79 bits per heavy atom. The predicted molar refractivity (Wildman–Crippen MR) is 108 cm³/mol. The Kier molecular flexibility index (Phi) is 5.26. The molecule has 1 heterocycles. The molecule has 4 rings (SSSR count). The van der Waals surface area contributed by atoms with E-state index >= 15 is 0 Å². The standard InChI is InChI=1S/C22H17ClN2O3/c23-18-7-9-20(10-8-18)27-14-22(26)24-13-19-12-21(28-25-19)17-6-5-15-3-1-2-4-16(15)11-17/h1-12H,13-14H2,(H,24,26). The Hall–Kier alpha value is -3.31. The lowest BCUT2D eigenvalue weighted by atomic mass is 10.1.